The standard InChI is InChI=1S/C45H86O6/c1-6-7-8-9-10-11-12-13-14-15-16-19-27-32-37-45(48)51-42(39-50-44(47)36-31-26-22-21-24-29-34-41(4)5)38-49-43(46)35-30-25-20-17-18-23-28-33-40(2)3/h40-42H,6-39H2,1-5H3/t42-/m0/s1. The van der Waals surface area contributed by atoms with Crippen molar-refractivity contribution in [3.05, 3.63) is 0 Å². The number of carbonyl (C=O) groups is 3. The second kappa shape index (κ2) is 38.1. The van der Waals surface area contributed by atoms with Gasteiger partial charge in [-0.1, -0.05) is 202 Å². The quantitative estimate of drug-likeness (QED) is 0.0357. The molecule has 0 rings (SSSR count). The van der Waals surface area contributed by atoms with Crippen LogP contribution in [0, 0.1) is 11.8 Å². The summed E-state index contributed by atoms with van der Waals surface area (Å²) in [4.78, 5) is 37.6. The highest BCUT2D eigenvalue weighted by Gasteiger charge is 2.19. The van der Waals surface area contributed by atoms with Crippen LogP contribution in [0.3, 0.4) is 0 Å². The monoisotopic (exact) mass is 723 g/mol. The lowest BCUT2D eigenvalue weighted by molar-refractivity contribution is -0.167. The molecular formula is C45H86O6. The molecule has 0 aliphatic heterocycles. The van der Waals surface area contributed by atoms with Gasteiger partial charge in [0.1, 0.15) is 13.2 Å². The zero-order valence-electron chi connectivity index (χ0n) is 34.7. The molecular weight excluding hydrogens is 636 g/mol. The minimum Gasteiger partial charge on any atom is -0.462 e. The molecule has 0 aromatic rings. The predicted molar refractivity (Wildman–Crippen MR) is 215 cm³/mol. The molecule has 0 fully saturated rings. The number of unbranched alkanes of at least 4 members (excludes halogenated alkanes) is 24. The second-order valence-corrected chi connectivity index (χ2v) is 16.3. The number of carbonyl (C=O) groups excluding carboxylic acids is 3. The van der Waals surface area contributed by atoms with Crippen LogP contribution in [0.15, 0.2) is 0 Å². The first-order valence-corrected chi connectivity index (χ1v) is 22.2. The Morgan fingerprint density at radius 2 is 0.647 bits per heavy atom. The first-order valence-electron chi connectivity index (χ1n) is 22.2. The fourth-order valence-electron chi connectivity index (χ4n) is 6.58. The van der Waals surface area contributed by atoms with Crippen LogP contribution >= 0.6 is 0 Å². The van der Waals surface area contributed by atoms with E-state index in [0.29, 0.717) is 19.3 Å². The summed E-state index contributed by atoms with van der Waals surface area (Å²) in [6.07, 6.45) is 35.3. The molecule has 0 radical (unpaired) electrons. The molecule has 0 unspecified atom stereocenters. The molecule has 0 heterocycles. The maximum Gasteiger partial charge on any atom is 0.306 e. The summed E-state index contributed by atoms with van der Waals surface area (Å²) in [5.74, 6) is 0.679. The highest BCUT2D eigenvalue weighted by atomic mass is 16.6. The van der Waals surface area contributed by atoms with Crippen molar-refractivity contribution in [3.63, 3.8) is 0 Å². The third-order valence-electron chi connectivity index (χ3n) is 9.97. The SMILES string of the molecule is CCCCCCCCCCCCCCCCC(=O)O[C@@H](COC(=O)CCCCCCCCCC(C)C)COC(=O)CCCCCCCCC(C)C. The third kappa shape index (κ3) is 39.5. The van der Waals surface area contributed by atoms with E-state index < -0.39 is 6.10 Å². The molecule has 0 bridgehead atoms. The number of hydrogen-bond donors (Lipinski definition) is 0. The normalized spacial score (nSPS) is 12.1. The average Bonchev–Trinajstić information content (AvgIpc) is 3.09. The van der Waals surface area contributed by atoms with Crippen LogP contribution in [0.2, 0.25) is 0 Å². The lowest BCUT2D eigenvalue weighted by Crippen LogP contribution is -2.30. The predicted octanol–water partition coefficient (Wildman–Crippen LogP) is 13.8. The Morgan fingerprint density at radius 1 is 0.373 bits per heavy atom. The first-order chi connectivity index (χ1) is 24.7. The Bertz CT molecular complexity index is 779. The van der Waals surface area contributed by atoms with Gasteiger partial charge in [-0.05, 0) is 31.1 Å². The van der Waals surface area contributed by atoms with Gasteiger partial charge >= 0.3 is 17.9 Å². The van der Waals surface area contributed by atoms with Gasteiger partial charge in [0.05, 0.1) is 0 Å². The van der Waals surface area contributed by atoms with E-state index in [9.17, 15) is 14.4 Å². The second-order valence-electron chi connectivity index (χ2n) is 16.3. The van der Waals surface area contributed by atoms with E-state index in [0.717, 1.165) is 69.6 Å². The molecule has 51 heavy (non-hydrogen) atoms. The molecule has 0 aromatic heterocycles. The summed E-state index contributed by atoms with van der Waals surface area (Å²) in [6.45, 7) is 11.2. The number of ether oxygens (including phenoxy) is 3. The van der Waals surface area contributed by atoms with E-state index in [1.807, 2.05) is 0 Å². The summed E-state index contributed by atoms with van der Waals surface area (Å²) in [6, 6.07) is 0. The van der Waals surface area contributed by atoms with Crippen LogP contribution in [0.25, 0.3) is 0 Å². The summed E-state index contributed by atoms with van der Waals surface area (Å²) >= 11 is 0. The first kappa shape index (κ1) is 49.4. The molecule has 0 saturated carbocycles. The van der Waals surface area contributed by atoms with E-state index in [-0.39, 0.29) is 31.1 Å². The summed E-state index contributed by atoms with van der Waals surface area (Å²) in [5.41, 5.74) is 0. The van der Waals surface area contributed by atoms with Crippen LogP contribution in [0.1, 0.15) is 240 Å². The largest absolute Gasteiger partial charge is 0.462 e. The fourth-order valence-corrected chi connectivity index (χ4v) is 6.58. The lowest BCUT2D eigenvalue weighted by Gasteiger charge is -2.18. The van der Waals surface area contributed by atoms with Gasteiger partial charge in [-0.25, -0.2) is 0 Å². The summed E-state index contributed by atoms with van der Waals surface area (Å²) < 4.78 is 16.7. The molecule has 6 heteroatoms. The van der Waals surface area contributed by atoms with Crippen molar-refractivity contribution < 1.29 is 28.6 Å². The Kier molecular flexibility index (Phi) is 37.0. The van der Waals surface area contributed by atoms with Gasteiger partial charge in [-0.2, -0.15) is 0 Å². The molecule has 0 saturated heterocycles. The topological polar surface area (TPSA) is 78.9 Å². The van der Waals surface area contributed by atoms with Gasteiger partial charge in [-0.3, -0.25) is 14.4 Å². The highest BCUT2D eigenvalue weighted by molar-refractivity contribution is 5.71. The Labute approximate surface area is 317 Å². The lowest BCUT2D eigenvalue weighted by atomic mass is 10.0. The van der Waals surface area contributed by atoms with Crippen molar-refractivity contribution in [1.82, 2.24) is 0 Å². The molecule has 0 aliphatic rings. The van der Waals surface area contributed by atoms with E-state index in [4.69, 9.17) is 14.2 Å². The average molecular weight is 723 g/mol. The molecule has 0 aliphatic carbocycles. The smallest absolute Gasteiger partial charge is 0.306 e. The van der Waals surface area contributed by atoms with E-state index in [1.54, 1.807) is 0 Å². The fraction of sp³-hybridized carbons (Fsp3) is 0.933. The summed E-state index contributed by atoms with van der Waals surface area (Å²) in [7, 11) is 0. The molecule has 0 aromatic carbocycles. The zero-order valence-corrected chi connectivity index (χ0v) is 34.7. The highest BCUT2D eigenvalue weighted by Crippen LogP contribution is 2.16. The molecule has 0 amide bonds. The number of rotatable bonds is 39. The van der Waals surface area contributed by atoms with Crippen molar-refractivity contribution in [2.24, 2.45) is 11.8 Å². The van der Waals surface area contributed by atoms with Crippen molar-refractivity contribution >= 4 is 17.9 Å². The Morgan fingerprint density at radius 3 is 0.961 bits per heavy atom. The van der Waals surface area contributed by atoms with Gasteiger partial charge in [-0.15, -0.1) is 0 Å². The van der Waals surface area contributed by atoms with Crippen LogP contribution < -0.4 is 0 Å². The van der Waals surface area contributed by atoms with Crippen LogP contribution in [-0.2, 0) is 28.6 Å². The maximum atomic E-state index is 12.7. The maximum absolute atomic E-state index is 12.7. The van der Waals surface area contributed by atoms with Gasteiger partial charge in [0.25, 0.3) is 0 Å². The summed E-state index contributed by atoms with van der Waals surface area (Å²) in [5, 5.41) is 0. The van der Waals surface area contributed by atoms with Gasteiger partial charge in [0.15, 0.2) is 6.10 Å². The Balaban J connectivity index is 4.32. The zero-order chi connectivity index (χ0) is 37.6. The molecule has 6 nitrogen and oxygen atoms in total. The minimum atomic E-state index is -0.760. The number of hydrogen-bond acceptors (Lipinski definition) is 6. The van der Waals surface area contributed by atoms with Gasteiger partial charge in [0, 0.05) is 19.3 Å². The van der Waals surface area contributed by atoms with Crippen LogP contribution in [0.4, 0.5) is 0 Å². The van der Waals surface area contributed by atoms with Crippen LogP contribution in [0.5, 0.6) is 0 Å². The van der Waals surface area contributed by atoms with E-state index in [1.165, 1.54) is 128 Å². The van der Waals surface area contributed by atoms with Crippen molar-refractivity contribution in [2.45, 2.75) is 246 Å². The van der Waals surface area contributed by atoms with E-state index in [2.05, 4.69) is 34.6 Å². The molecule has 0 N–H and O–H groups in total. The van der Waals surface area contributed by atoms with Crippen LogP contribution in [-0.4, -0.2) is 37.2 Å². The Hall–Kier alpha value is -1.59. The van der Waals surface area contributed by atoms with Gasteiger partial charge in [0.2, 0.25) is 0 Å². The minimum absolute atomic E-state index is 0.0666. The van der Waals surface area contributed by atoms with E-state index >= 15 is 0 Å². The molecule has 302 valence electrons. The third-order valence-corrected chi connectivity index (χ3v) is 9.97. The van der Waals surface area contributed by atoms with Crippen molar-refractivity contribution in [2.75, 3.05) is 13.2 Å². The van der Waals surface area contributed by atoms with Crippen molar-refractivity contribution in [1.29, 1.82) is 0 Å². The molecule has 1 atom stereocenters. The van der Waals surface area contributed by atoms with Crippen molar-refractivity contribution in [3.8, 4) is 0 Å². The number of esters is 3. The molecule has 0 spiro atoms. The van der Waals surface area contributed by atoms with Gasteiger partial charge < -0.3 is 14.2 Å².